The zero-order valence-electron chi connectivity index (χ0n) is 9.71. The summed E-state index contributed by atoms with van der Waals surface area (Å²) in [4.78, 5) is 0.495. The van der Waals surface area contributed by atoms with Crippen LogP contribution in [0.5, 0.6) is 5.75 Å². The van der Waals surface area contributed by atoms with Crippen LogP contribution in [0.25, 0.3) is 0 Å². The fraction of sp³-hybridized carbons (Fsp3) is 0.417. The van der Waals surface area contributed by atoms with E-state index in [4.69, 9.17) is 34.3 Å². The van der Waals surface area contributed by atoms with Crippen LogP contribution in [0, 0.1) is 5.41 Å². The van der Waals surface area contributed by atoms with Crippen molar-refractivity contribution in [2.75, 3.05) is 7.11 Å². The summed E-state index contributed by atoms with van der Waals surface area (Å²) < 4.78 is 5.28. The van der Waals surface area contributed by atoms with Crippen molar-refractivity contribution in [1.29, 1.82) is 0 Å². The number of halogens is 1. The molecular weight excluding hydrogens is 242 g/mol. The van der Waals surface area contributed by atoms with Gasteiger partial charge in [-0.2, -0.15) is 0 Å². The number of methoxy groups -OCH3 is 1. The van der Waals surface area contributed by atoms with Gasteiger partial charge < -0.3 is 10.5 Å². The Kier molecular flexibility index (Phi) is 4.16. The van der Waals surface area contributed by atoms with Gasteiger partial charge in [-0.3, -0.25) is 0 Å². The maximum atomic E-state index is 5.96. The lowest BCUT2D eigenvalue weighted by molar-refractivity contribution is 0.402. The number of nitrogens with two attached hydrogens (primary N) is 1. The van der Waals surface area contributed by atoms with Gasteiger partial charge in [0.05, 0.1) is 12.1 Å². The highest BCUT2D eigenvalue weighted by Gasteiger charge is 2.23. The SMILES string of the molecule is COc1ccc(Cl)cc1CC(C)(C)C(N)=S. The summed E-state index contributed by atoms with van der Waals surface area (Å²) in [5.41, 5.74) is 6.48. The monoisotopic (exact) mass is 257 g/mol. The third-order valence-electron chi connectivity index (χ3n) is 2.54. The molecular formula is C12H16ClNOS. The molecule has 0 unspecified atom stereocenters. The third kappa shape index (κ3) is 3.09. The van der Waals surface area contributed by atoms with Crippen LogP contribution in [-0.4, -0.2) is 12.1 Å². The van der Waals surface area contributed by atoms with Crippen LogP contribution in [0.2, 0.25) is 5.02 Å². The number of hydrogen-bond donors (Lipinski definition) is 1. The average molecular weight is 258 g/mol. The van der Waals surface area contributed by atoms with Crippen LogP contribution >= 0.6 is 23.8 Å². The van der Waals surface area contributed by atoms with Gasteiger partial charge in [0.1, 0.15) is 5.75 Å². The number of benzene rings is 1. The lowest BCUT2D eigenvalue weighted by Gasteiger charge is -2.24. The number of rotatable bonds is 4. The first kappa shape index (κ1) is 13.3. The summed E-state index contributed by atoms with van der Waals surface area (Å²) in [6.07, 6.45) is 0.714. The summed E-state index contributed by atoms with van der Waals surface area (Å²) in [5, 5.41) is 0.689. The molecule has 0 spiro atoms. The first-order chi connectivity index (χ1) is 7.36. The van der Waals surface area contributed by atoms with Gasteiger partial charge in [0, 0.05) is 10.4 Å². The Bertz CT molecular complexity index is 404. The van der Waals surface area contributed by atoms with Crippen molar-refractivity contribution in [3.05, 3.63) is 28.8 Å². The van der Waals surface area contributed by atoms with Crippen LogP contribution < -0.4 is 10.5 Å². The van der Waals surface area contributed by atoms with Crippen molar-refractivity contribution >= 4 is 28.8 Å². The van der Waals surface area contributed by atoms with E-state index in [-0.39, 0.29) is 5.41 Å². The van der Waals surface area contributed by atoms with Crippen molar-refractivity contribution < 1.29 is 4.74 Å². The molecule has 2 nitrogen and oxygen atoms in total. The van der Waals surface area contributed by atoms with Crippen LogP contribution in [0.15, 0.2) is 18.2 Å². The average Bonchev–Trinajstić information content (AvgIpc) is 2.17. The molecule has 4 heteroatoms. The molecule has 1 aromatic carbocycles. The van der Waals surface area contributed by atoms with E-state index in [0.717, 1.165) is 11.3 Å². The summed E-state index contributed by atoms with van der Waals surface area (Å²) >= 11 is 11.0. The van der Waals surface area contributed by atoms with Gasteiger partial charge in [-0.05, 0) is 30.2 Å². The van der Waals surface area contributed by atoms with Gasteiger partial charge in [-0.15, -0.1) is 0 Å². The Labute approximate surface area is 107 Å². The molecule has 0 saturated carbocycles. The van der Waals surface area contributed by atoms with E-state index in [1.165, 1.54) is 0 Å². The number of hydrogen-bond acceptors (Lipinski definition) is 2. The summed E-state index contributed by atoms with van der Waals surface area (Å²) in [6.45, 7) is 4.02. The first-order valence-corrected chi connectivity index (χ1v) is 5.78. The molecule has 0 aliphatic heterocycles. The van der Waals surface area contributed by atoms with E-state index in [1.54, 1.807) is 13.2 Å². The van der Waals surface area contributed by atoms with Gasteiger partial charge in [-0.25, -0.2) is 0 Å². The van der Waals surface area contributed by atoms with Gasteiger partial charge in [0.15, 0.2) is 0 Å². The number of ether oxygens (including phenoxy) is 1. The quantitative estimate of drug-likeness (QED) is 0.842. The summed E-state index contributed by atoms with van der Waals surface area (Å²) in [6, 6.07) is 5.55. The van der Waals surface area contributed by atoms with E-state index in [9.17, 15) is 0 Å². The second-order valence-corrected chi connectivity index (χ2v) is 5.26. The van der Waals surface area contributed by atoms with Gasteiger partial charge in [0.25, 0.3) is 0 Å². The highest BCUT2D eigenvalue weighted by Crippen LogP contribution is 2.30. The van der Waals surface area contributed by atoms with Crippen molar-refractivity contribution in [2.24, 2.45) is 11.1 Å². The Balaban J connectivity index is 3.04. The standard InChI is InChI=1S/C12H16ClNOS/c1-12(2,11(14)16)7-8-6-9(13)4-5-10(8)15-3/h4-6H,7H2,1-3H3,(H2,14,16). The molecule has 0 amide bonds. The molecule has 1 aromatic rings. The predicted octanol–water partition coefficient (Wildman–Crippen LogP) is 3.20. The maximum absolute atomic E-state index is 5.96. The molecule has 0 aliphatic carbocycles. The normalized spacial score (nSPS) is 11.2. The summed E-state index contributed by atoms with van der Waals surface area (Å²) in [7, 11) is 1.64. The van der Waals surface area contributed by atoms with E-state index >= 15 is 0 Å². The fourth-order valence-electron chi connectivity index (χ4n) is 1.45. The highest BCUT2D eigenvalue weighted by molar-refractivity contribution is 7.80. The van der Waals surface area contributed by atoms with Crippen LogP contribution in [0.4, 0.5) is 0 Å². The largest absolute Gasteiger partial charge is 0.496 e. The van der Waals surface area contributed by atoms with Gasteiger partial charge in [-0.1, -0.05) is 37.7 Å². The molecule has 0 aliphatic rings. The summed E-state index contributed by atoms with van der Waals surface area (Å²) in [5.74, 6) is 0.814. The minimum Gasteiger partial charge on any atom is -0.496 e. The van der Waals surface area contributed by atoms with Gasteiger partial charge in [0.2, 0.25) is 0 Å². The lowest BCUT2D eigenvalue weighted by Crippen LogP contribution is -2.31. The molecule has 0 bridgehead atoms. The second-order valence-electron chi connectivity index (χ2n) is 4.38. The van der Waals surface area contributed by atoms with Crippen molar-refractivity contribution in [3.8, 4) is 5.75 Å². The molecule has 0 fully saturated rings. The molecule has 0 heterocycles. The van der Waals surface area contributed by atoms with Crippen LogP contribution in [0.3, 0.4) is 0 Å². The smallest absolute Gasteiger partial charge is 0.122 e. The maximum Gasteiger partial charge on any atom is 0.122 e. The topological polar surface area (TPSA) is 35.2 Å². The molecule has 0 radical (unpaired) electrons. The Morgan fingerprint density at radius 1 is 1.50 bits per heavy atom. The molecule has 0 aromatic heterocycles. The number of thiocarbonyl (C=S) groups is 1. The highest BCUT2D eigenvalue weighted by atomic mass is 35.5. The predicted molar refractivity (Wildman–Crippen MR) is 72.3 cm³/mol. The molecule has 2 N–H and O–H groups in total. The van der Waals surface area contributed by atoms with Crippen molar-refractivity contribution in [2.45, 2.75) is 20.3 Å². The Hall–Kier alpha value is -0.800. The first-order valence-electron chi connectivity index (χ1n) is 4.99. The van der Waals surface area contributed by atoms with E-state index < -0.39 is 0 Å². The fourth-order valence-corrected chi connectivity index (χ4v) is 1.72. The van der Waals surface area contributed by atoms with Crippen molar-refractivity contribution in [3.63, 3.8) is 0 Å². The van der Waals surface area contributed by atoms with Crippen LogP contribution in [0.1, 0.15) is 19.4 Å². The molecule has 0 atom stereocenters. The Morgan fingerprint density at radius 2 is 2.12 bits per heavy atom. The van der Waals surface area contributed by atoms with Crippen molar-refractivity contribution in [1.82, 2.24) is 0 Å². The zero-order chi connectivity index (χ0) is 12.3. The third-order valence-corrected chi connectivity index (χ3v) is 3.33. The molecule has 0 saturated heterocycles. The molecule has 88 valence electrons. The zero-order valence-corrected chi connectivity index (χ0v) is 11.3. The molecule has 1 rings (SSSR count). The second kappa shape index (κ2) is 5.02. The molecule has 16 heavy (non-hydrogen) atoms. The van der Waals surface area contributed by atoms with E-state index in [2.05, 4.69) is 0 Å². The van der Waals surface area contributed by atoms with Gasteiger partial charge >= 0.3 is 0 Å². The minimum atomic E-state index is -0.243. The minimum absolute atomic E-state index is 0.243. The van der Waals surface area contributed by atoms with E-state index in [1.807, 2.05) is 26.0 Å². The lowest BCUT2D eigenvalue weighted by atomic mass is 9.85. The van der Waals surface area contributed by atoms with E-state index in [0.29, 0.717) is 16.4 Å². The van der Waals surface area contributed by atoms with Crippen LogP contribution in [-0.2, 0) is 6.42 Å². The Morgan fingerprint density at radius 3 is 2.62 bits per heavy atom.